The average Bonchev–Trinajstić information content (AvgIpc) is 3.12. The molecule has 4 aromatic carbocycles. The molecule has 0 spiro atoms. The van der Waals surface area contributed by atoms with Crippen LogP contribution in [0.2, 0.25) is 0 Å². The van der Waals surface area contributed by atoms with Gasteiger partial charge in [-0.2, -0.15) is 12.1 Å². The van der Waals surface area contributed by atoms with Gasteiger partial charge in [-0.25, -0.2) is 11.6 Å². The van der Waals surface area contributed by atoms with Gasteiger partial charge in [-0.05, 0) is 0 Å². The first-order chi connectivity index (χ1) is 12.3. The second-order valence-electron chi connectivity index (χ2n) is 6.53. The maximum Gasteiger partial charge on any atom is 4.00 e. The predicted molar refractivity (Wildman–Crippen MR) is 110 cm³/mol. The van der Waals surface area contributed by atoms with Gasteiger partial charge in [0.15, 0.2) is 0 Å². The molecule has 146 valence electrons. The number of benzene rings is 3. The van der Waals surface area contributed by atoms with Crippen LogP contribution in [0.5, 0.6) is 0 Å². The van der Waals surface area contributed by atoms with Crippen LogP contribution < -0.4 is 58.0 Å². The fourth-order valence-electron chi connectivity index (χ4n) is 3.86. The molecule has 0 amide bonds. The van der Waals surface area contributed by atoms with Crippen molar-refractivity contribution < 1.29 is 58.9 Å². The third-order valence-electron chi connectivity index (χ3n) is 4.96. The van der Waals surface area contributed by atoms with Crippen molar-refractivity contribution in [2.24, 2.45) is 0 Å². The molecule has 29 heavy (non-hydrogen) atoms. The number of hydrogen-bond donors (Lipinski definition) is 0. The van der Waals surface area contributed by atoms with E-state index in [0.29, 0.717) is 0 Å². The summed E-state index contributed by atoms with van der Waals surface area (Å²) in [5, 5.41) is 5.74. The van der Waals surface area contributed by atoms with Crippen molar-refractivity contribution in [2.45, 2.75) is 6.92 Å². The molecule has 0 atom stereocenters. The van der Waals surface area contributed by atoms with E-state index in [4.69, 9.17) is 0 Å². The van der Waals surface area contributed by atoms with Crippen LogP contribution >= 0.6 is 0 Å². The molecule has 0 radical (unpaired) electrons. The standard InChI is InChI=1S/C24H21Si.3ClH.Ti/c1-20-17-18-24(19-20)25(21-11-5-2-6-12-21,22-13-7-3-8-14-22)23-15-9-4-10-16-23;;;;/h2-19H,1H3;3*1H;/q-1;;;;+4/p-3. The Morgan fingerprint density at radius 1 is 0.552 bits per heavy atom. The van der Waals surface area contributed by atoms with Crippen LogP contribution in [0.4, 0.5) is 0 Å². The molecule has 0 aliphatic rings. The van der Waals surface area contributed by atoms with Crippen LogP contribution in [-0.4, -0.2) is 8.07 Å². The van der Waals surface area contributed by atoms with Gasteiger partial charge < -0.3 is 37.2 Å². The summed E-state index contributed by atoms with van der Waals surface area (Å²) in [6.45, 7) is 2.18. The molecular formula is C24H21Cl3SiTi. The molecule has 0 unspecified atom stereocenters. The predicted octanol–water partition coefficient (Wildman–Crippen LogP) is -5.90. The van der Waals surface area contributed by atoms with Gasteiger partial charge in [0, 0.05) is 0 Å². The second-order valence-corrected chi connectivity index (χ2v) is 10.3. The van der Waals surface area contributed by atoms with Crippen molar-refractivity contribution >= 4 is 28.8 Å². The van der Waals surface area contributed by atoms with Crippen molar-refractivity contribution in [3.05, 3.63) is 115 Å². The Balaban J connectivity index is 0.00000196. The van der Waals surface area contributed by atoms with Gasteiger partial charge in [0.1, 0.15) is 8.07 Å². The largest absolute Gasteiger partial charge is 4.00 e. The van der Waals surface area contributed by atoms with E-state index in [0.717, 1.165) is 0 Å². The fraction of sp³-hybridized carbons (Fsp3) is 0.0417. The molecule has 0 aromatic heterocycles. The third-order valence-corrected chi connectivity index (χ3v) is 9.74. The molecule has 4 aromatic rings. The van der Waals surface area contributed by atoms with E-state index in [1.54, 1.807) is 0 Å². The maximum absolute atomic E-state index is 2.37. The Morgan fingerprint density at radius 2 is 0.897 bits per heavy atom. The molecule has 0 fully saturated rings. The van der Waals surface area contributed by atoms with Crippen LogP contribution in [0, 0.1) is 6.92 Å². The van der Waals surface area contributed by atoms with Gasteiger partial charge in [-0.1, -0.05) is 113 Å². The Labute approximate surface area is 208 Å². The summed E-state index contributed by atoms with van der Waals surface area (Å²) >= 11 is 0. The first-order valence-electron chi connectivity index (χ1n) is 8.72. The van der Waals surface area contributed by atoms with Gasteiger partial charge in [0.05, 0.1) is 0 Å². The minimum absolute atomic E-state index is 0. The molecule has 0 N–H and O–H groups in total. The van der Waals surface area contributed by atoms with Gasteiger partial charge >= 0.3 is 21.7 Å². The molecule has 0 bridgehead atoms. The first kappa shape index (κ1) is 27.8. The van der Waals surface area contributed by atoms with Gasteiger partial charge in [0.25, 0.3) is 0 Å². The minimum atomic E-state index is -2.28. The number of halogens is 3. The van der Waals surface area contributed by atoms with Gasteiger partial charge in [-0.15, -0.1) is 5.19 Å². The number of rotatable bonds is 4. The van der Waals surface area contributed by atoms with E-state index < -0.39 is 8.07 Å². The summed E-state index contributed by atoms with van der Waals surface area (Å²) in [6, 6.07) is 40.1. The monoisotopic (exact) mass is 490 g/mol. The summed E-state index contributed by atoms with van der Waals surface area (Å²) in [7, 11) is -2.28. The van der Waals surface area contributed by atoms with Crippen LogP contribution in [0.1, 0.15) is 5.56 Å². The van der Waals surface area contributed by atoms with Crippen LogP contribution in [-0.2, 0) is 21.7 Å². The van der Waals surface area contributed by atoms with E-state index in [2.05, 4.69) is 116 Å². The van der Waals surface area contributed by atoms with Crippen molar-refractivity contribution in [2.75, 3.05) is 0 Å². The topological polar surface area (TPSA) is 0 Å². The average molecular weight is 492 g/mol. The molecule has 0 saturated carbocycles. The molecule has 0 heterocycles. The molecule has 0 nitrogen and oxygen atoms in total. The normalized spacial score (nSPS) is 9.83. The summed E-state index contributed by atoms with van der Waals surface area (Å²) in [5.41, 5.74) is 1.33. The Hall–Kier alpha value is -1.19. The Bertz CT molecular complexity index is 860. The third kappa shape index (κ3) is 5.30. The van der Waals surface area contributed by atoms with Crippen molar-refractivity contribution in [3.8, 4) is 0 Å². The SMILES string of the molecule is Cc1cc[c-]([Si](c2ccccc2)(c2ccccc2)c2ccccc2)c1.[Cl-].[Cl-].[Cl-].[Ti+4]. The number of hydrogen-bond acceptors (Lipinski definition) is 0. The summed E-state index contributed by atoms with van der Waals surface area (Å²) < 4.78 is 0. The minimum Gasteiger partial charge on any atom is -1.00 e. The van der Waals surface area contributed by atoms with Crippen molar-refractivity contribution in [1.29, 1.82) is 0 Å². The maximum atomic E-state index is 2.37. The van der Waals surface area contributed by atoms with E-state index in [-0.39, 0.29) is 58.9 Å². The van der Waals surface area contributed by atoms with E-state index in [1.807, 2.05) is 0 Å². The van der Waals surface area contributed by atoms with Crippen molar-refractivity contribution in [3.63, 3.8) is 0 Å². The van der Waals surface area contributed by atoms with E-state index in [1.165, 1.54) is 26.3 Å². The zero-order valence-electron chi connectivity index (χ0n) is 16.0. The molecule has 0 saturated heterocycles. The van der Waals surface area contributed by atoms with Gasteiger partial charge in [-0.3, -0.25) is 0 Å². The van der Waals surface area contributed by atoms with Crippen LogP contribution in [0.15, 0.2) is 109 Å². The quantitative estimate of drug-likeness (QED) is 0.152. The molecular weight excluding hydrogens is 471 g/mol. The Kier molecular flexibility index (Phi) is 12.0. The van der Waals surface area contributed by atoms with Crippen LogP contribution in [0.3, 0.4) is 0 Å². The molecule has 0 aliphatic carbocycles. The second kappa shape index (κ2) is 12.5. The zero-order chi connectivity index (χ0) is 17.1. The van der Waals surface area contributed by atoms with Crippen LogP contribution in [0.25, 0.3) is 0 Å². The molecule has 4 rings (SSSR count). The van der Waals surface area contributed by atoms with Gasteiger partial charge in [0.2, 0.25) is 0 Å². The smallest absolute Gasteiger partial charge is 1.00 e. The summed E-state index contributed by atoms with van der Waals surface area (Å²) in [4.78, 5) is 0. The molecule has 0 aliphatic heterocycles. The zero-order valence-corrected chi connectivity index (χ0v) is 20.9. The fourth-order valence-corrected chi connectivity index (χ4v) is 8.72. The summed E-state index contributed by atoms with van der Waals surface area (Å²) in [5.74, 6) is 0. The van der Waals surface area contributed by atoms with E-state index >= 15 is 0 Å². The molecule has 5 heteroatoms. The van der Waals surface area contributed by atoms with E-state index in [9.17, 15) is 0 Å². The Morgan fingerprint density at radius 3 is 1.17 bits per heavy atom. The van der Waals surface area contributed by atoms with Crippen molar-refractivity contribution in [1.82, 2.24) is 0 Å². The summed E-state index contributed by atoms with van der Waals surface area (Å²) in [6.07, 6.45) is 0. The number of aryl methyl sites for hydroxylation is 1. The first-order valence-corrected chi connectivity index (χ1v) is 10.7.